The number of nitrogens with one attached hydrogen (secondary N) is 1. The average molecular weight is 313 g/mol. The molecule has 5 nitrogen and oxygen atoms in total. The van der Waals surface area contributed by atoms with Gasteiger partial charge in [-0.1, -0.05) is 11.6 Å². The Morgan fingerprint density at radius 1 is 1.15 bits per heavy atom. The van der Waals surface area contributed by atoms with E-state index in [0.717, 1.165) is 0 Å². The van der Waals surface area contributed by atoms with Crippen LogP contribution >= 0.6 is 11.6 Å². The summed E-state index contributed by atoms with van der Waals surface area (Å²) in [6.07, 6.45) is 0. The second-order valence-electron chi connectivity index (χ2n) is 4.02. The minimum atomic E-state index is -3.72. The minimum absolute atomic E-state index is 0.102. The number of halogens is 1. The molecular formula is C13H13ClN2O3S. The summed E-state index contributed by atoms with van der Waals surface area (Å²) in [6.45, 7) is 0. The molecule has 0 aliphatic carbocycles. The molecule has 0 aliphatic heterocycles. The maximum absolute atomic E-state index is 12.2. The molecule has 20 heavy (non-hydrogen) atoms. The Balaban J connectivity index is 2.35. The third kappa shape index (κ3) is 3.15. The van der Waals surface area contributed by atoms with Gasteiger partial charge in [0.25, 0.3) is 10.0 Å². The molecule has 2 aromatic carbocycles. The Morgan fingerprint density at radius 2 is 1.80 bits per heavy atom. The van der Waals surface area contributed by atoms with Crippen molar-refractivity contribution in [2.45, 2.75) is 4.90 Å². The number of anilines is 2. The highest BCUT2D eigenvalue weighted by molar-refractivity contribution is 7.92. The van der Waals surface area contributed by atoms with Crippen molar-refractivity contribution in [3.05, 3.63) is 47.5 Å². The van der Waals surface area contributed by atoms with Gasteiger partial charge in [-0.05, 0) is 36.4 Å². The van der Waals surface area contributed by atoms with E-state index in [1.165, 1.54) is 37.4 Å². The molecular weight excluding hydrogens is 300 g/mol. The summed E-state index contributed by atoms with van der Waals surface area (Å²) in [7, 11) is -2.24. The highest BCUT2D eigenvalue weighted by atomic mass is 35.5. The Hall–Kier alpha value is -1.92. The van der Waals surface area contributed by atoms with Crippen LogP contribution in [-0.2, 0) is 10.0 Å². The maximum atomic E-state index is 12.2. The quantitative estimate of drug-likeness (QED) is 0.851. The molecule has 106 valence electrons. The van der Waals surface area contributed by atoms with Gasteiger partial charge in [0, 0.05) is 11.8 Å². The van der Waals surface area contributed by atoms with Gasteiger partial charge in [0.15, 0.2) is 0 Å². The second kappa shape index (κ2) is 5.60. The number of sulfonamides is 1. The van der Waals surface area contributed by atoms with E-state index in [-0.39, 0.29) is 15.6 Å². The smallest absolute Gasteiger partial charge is 0.261 e. The fraction of sp³-hybridized carbons (Fsp3) is 0.0769. The SMILES string of the molecule is COc1ccc(Cl)c(NS(=O)(=O)c2ccc(N)cc2)c1. The van der Waals surface area contributed by atoms with Crippen molar-refractivity contribution >= 4 is 33.0 Å². The number of benzene rings is 2. The lowest BCUT2D eigenvalue weighted by Crippen LogP contribution is -2.13. The topological polar surface area (TPSA) is 81.4 Å². The van der Waals surface area contributed by atoms with Crippen LogP contribution in [0.15, 0.2) is 47.4 Å². The first kappa shape index (κ1) is 14.5. The zero-order chi connectivity index (χ0) is 14.8. The normalized spacial score (nSPS) is 11.1. The molecule has 0 fully saturated rings. The number of rotatable bonds is 4. The molecule has 0 aliphatic rings. The van der Waals surface area contributed by atoms with Gasteiger partial charge in [0.1, 0.15) is 5.75 Å². The number of nitrogen functional groups attached to an aromatic ring is 1. The summed E-state index contributed by atoms with van der Waals surface area (Å²) in [5, 5.41) is 0.282. The standard InChI is InChI=1S/C13H13ClN2O3S/c1-19-10-4-7-12(14)13(8-10)16-20(17,18)11-5-2-9(15)3-6-11/h2-8,16H,15H2,1H3. The van der Waals surface area contributed by atoms with E-state index in [4.69, 9.17) is 22.1 Å². The first-order chi connectivity index (χ1) is 9.42. The van der Waals surface area contributed by atoms with Crippen LogP contribution in [0.3, 0.4) is 0 Å². The van der Waals surface area contributed by atoms with E-state index in [9.17, 15) is 8.42 Å². The molecule has 0 amide bonds. The number of hydrogen-bond acceptors (Lipinski definition) is 4. The molecule has 2 rings (SSSR count). The van der Waals surface area contributed by atoms with Crippen molar-refractivity contribution in [1.82, 2.24) is 0 Å². The molecule has 0 aromatic heterocycles. The fourth-order valence-electron chi connectivity index (χ4n) is 1.56. The molecule has 0 heterocycles. The summed E-state index contributed by atoms with van der Waals surface area (Å²) in [5.74, 6) is 0.504. The molecule has 0 radical (unpaired) electrons. The zero-order valence-corrected chi connectivity index (χ0v) is 12.2. The van der Waals surface area contributed by atoms with E-state index >= 15 is 0 Å². The van der Waals surface area contributed by atoms with E-state index in [0.29, 0.717) is 11.4 Å². The first-order valence-electron chi connectivity index (χ1n) is 5.64. The van der Waals surface area contributed by atoms with Crippen molar-refractivity contribution in [2.75, 3.05) is 17.6 Å². The Morgan fingerprint density at radius 3 is 2.40 bits per heavy atom. The van der Waals surface area contributed by atoms with Crippen LogP contribution in [-0.4, -0.2) is 15.5 Å². The van der Waals surface area contributed by atoms with Gasteiger partial charge in [-0.15, -0.1) is 0 Å². The van der Waals surface area contributed by atoms with Crippen LogP contribution in [0.4, 0.5) is 11.4 Å². The summed E-state index contributed by atoms with van der Waals surface area (Å²) >= 11 is 5.97. The lowest BCUT2D eigenvalue weighted by atomic mass is 10.3. The van der Waals surface area contributed by atoms with Crippen molar-refractivity contribution < 1.29 is 13.2 Å². The number of nitrogens with two attached hydrogens (primary N) is 1. The summed E-state index contributed by atoms with van der Waals surface area (Å²) in [5.41, 5.74) is 6.27. The predicted molar refractivity (Wildman–Crippen MR) is 79.7 cm³/mol. The van der Waals surface area contributed by atoms with Gasteiger partial charge in [-0.2, -0.15) is 0 Å². The van der Waals surface area contributed by atoms with Gasteiger partial charge < -0.3 is 10.5 Å². The average Bonchev–Trinajstić information content (AvgIpc) is 2.41. The molecule has 0 unspecified atom stereocenters. The van der Waals surface area contributed by atoms with Crippen LogP contribution in [0.1, 0.15) is 0 Å². The third-order valence-electron chi connectivity index (χ3n) is 2.61. The highest BCUT2D eigenvalue weighted by Crippen LogP contribution is 2.28. The lowest BCUT2D eigenvalue weighted by molar-refractivity contribution is 0.415. The van der Waals surface area contributed by atoms with Gasteiger partial charge >= 0.3 is 0 Å². The lowest BCUT2D eigenvalue weighted by Gasteiger charge is -2.11. The van der Waals surface area contributed by atoms with E-state index in [2.05, 4.69) is 4.72 Å². The van der Waals surface area contributed by atoms with Gasteiger partial charge in [-0.3, -0.25) is 4.72 Å². The zero-order valence-electron chi connectivity index (χ0n) is 10.6. The molecule has 0 spiro atoms. The predicted octanol–water partition coefficient (Wildman–Crippen LogP) is 2.73. The molecule has 3 N–H and O–H groups in total. The maximum Gasteiger partial charge on any atom is 0.261 e. The van der Waals surface area contributed by atoms with Crippen LogP contribution in [0, 0.1) is 0 Å². The summed E-state index contributed by atoms with van der Waals surface area (Å²) < 4.78 is 31.9. The van der Waals surface area contributed by atoms with Crippen molar-refractivity contribution in [1.29, 1.82) is 0 Å². The minimum Gasteiger partial charge on any atom is -0.497 e. The first-order valence-corrected chi connectivity index (χ1v) is 7.50. The third-order valence-corrected chi connectivity index (χ3v) is 4.32. The van der Waals surface area contributed by atoms with E-state index in [1.54, 1.807) is 12.1 Å². The summed E-state index contributed by atoms with van der Waals surface area (Å²) in [4.78, 5) is 0.102. The van der Waals surface area contributed by atoms with Gasteiger partial charge in [0.05, 0.1) is 22.7 Å². The van der Waals surface area contributed by atoms with E-state index < -0.39 is 10.0 Å². The van der Waals surface area contributed by atoms with Crippen molar-refractivity contribution in [2.24, 2.45) is 0 Å². The Bertz CT molecular complexity index is 715. The largest absolute Gasteiger partial charge is 0.497 e. The van der Waals surface area contributed by atoms with E-state index in [1.807, 2.05) is 0 Å². The number of ether oxygens (including phenoxy) is 1. The fourth-order valence-corrected chi connectivity index (χ4v) is 2.85. The highest BCUT2D eigenvalue weighted by Gasteiger charge is 2.16. The summed E-state index contributed by atoms with van der Waals surface area (Å²) in [6, 6.07) is 10.6. The number of methoxy groups -OCH3 is 1. The molecule has 7 heteroatoms. The van der Waals surface area contributed by atoms with Crippen LogP contribution in [0.25, 0.3) is 0 Å². The molecule has 0 saturated carbocycles. The van der Waals surface area contributed by atoms with Crippen LogP contribution < -0.4 is 15.2 Å². The van der Waals surface area contributed by atoms with Crippen LogP contribution in [0.2, 0.25) is 5.02 Å². The van der Waals surface area contributed by atoms with Crippen molar-refractivity contribution in [3.63, 3.8) is 0 Å². The molecule has 0 saturated heterocycles. The van der Waals surface area contributed by atoms with Crippen LogP contribution in [0.5, 0.6) is 5.75 Å². The van der Waals surface area contributed by atoms with Crippen molar-refractivity contribution in [3.8, 4) is 5.75 Å². The second-order valence-corrected chi connectivity index (χ2v) is 6.11. The molecule has 0 bridgehead atoms. The molecule has 0 atom stereocenters. The Labute approximate surface area is 122 Å². The van der Waals surface area contributed by atoms with Gasteiger partial charge in [0.2, 0.25) is 0 Å². The number of hydrogen-bond donors (Lipinski definition) is 2. The van der Waals surface area contributed by atoms with Gasteiger partial charge in [-0.25, -0.2) is 8.42 Å². The monoisotopic (exact) mass is 312 g/mol. The molecule has 2 aromatic rings. The Kier molecular flexibility index (Phi) is 4.06.